The number of carbonyl (C=O) groups is 1. The Morgan fingerprint density at radius 3 is 2.55 bits per heavy atom. The molecule has 0 aromatic heterocycles. The molecule has 2 rings (SSSR count). The zero-order valence-electron chi connectivity index (χ0n) is 11.9. The molecule has 0 radical (unpaired) electrons. The van der Waals surface area contributed by atoms with Crippen molar-refractivity contribution in [2.75, 3.05) is 24.9 Å². The van der Waals surface area contributed by atoms with Crippen molar-refractivity contribution in [3.63, 3.8) is 0 Å². The summed E-state index contributed by atoms with van der Waals surface area (Å²) in [6, 6.07) is 8.39. The van der Waals surface area contributed by atoms with Crippen LogP contribution in [0.5, 0.6) is 11.5 Å². The van der Waals surface area contributed by atoms with E-state index < -0.39 is 11.8 Å². The van der Waals surface area contributed by atoms with E-state index >= 15 is 0 Å². The highest BCUT2D eigenvalue weighted by Gasteiger charge is 2.13. The maximum atomic E-state index is 13.6. The van der Waals surface area contributed by atoms with Crippen LogP contribution in [0.25, 0.3) is 0 Å². The number of hydrogen-bond donors (Lipinski definition) is 2. The third kappa shape index (κ3) is 3.59. The molecule has 2 aromatic rings. The van der Waals surface area contributed by atoms with E-state index in [-0.39, 0.29) is 10.7 Å². The molecule has 2 amide bonds. The Kier molecular flexibility index (Phi) is 5.06. The normalized spacial score (nSPS) is 10.0. The quantitative estimate of drug-likeness (QED) is 0.888. The number of hydrogen-bond acceptors (Lipinski definition) is 3. The van der Waals surface area contributed by atoms with E-state index in [1.165, 1.54) is 32.4 Å². The number of amides is 2. The van der Waals surface area contributed by atoms with Crippen molar-refractivity contribution in [3.8, 4) is 11.5 Å². The first kappa shape index (κ1) is 15.9. The van der Waals surface area contributed by atoms with Crippen LogP contribution in [0.1, 0.15) is 0 Å². The first-order chi connectivity index (χ1) is 10.5. The first-order valence-corrected chi connectivity index (χ1v) is 6.67. The molecule has 0 saturated carbocycles. The lowest BCUT2D eigenvalue weighted by atomic mass is 10.2. The van der Waals surface area contributed by atoms with Gasteiger partial charge in [0.1, 0.15) is 17.3 Å². The van der Waals surface area contributed by atoms with Crippen molar-refractivity contribution < 1.29 is 18.7 Å². The van der Waals surface area contributed by atoms with Crippen LogP contribution in [0.15, 0.2) is 36.4 Å². The fourth-order valence-electron chi connectivity index (χ4n) is 1.80. The lowest BCUT2D eigenvalue weighted by molar-refractivity contribution is 0.262. The molecule has 22 heavy (non-hydrogen) atoms. The lowest BCUT2D eigenvalue weighted by Gasteiger charge is -2.13. The molecule has 5 nitrogen and oxygen atoms in total. The highest BCUT2D eigenvalue weighted by molar-refractivity contribution is 6.33. The van der Waals surface area contributed by atoms with Crippen LogP contribution in [0.2, 0.25) is 5.02 Å². The number of anilines is 2. The second-order valence-corrected chi connectivity index (χ2v) is 4.65. The van der Waals surface area contributed by atoms with E-state index in [2.05, 4.69) is 10.6 Å². The fourth-order valence-corrected chi connectivity index (χ4v) is 2.01. The molecule has 0 aliphatic carbocycles. The molecular weight excluding hydrogens is 311 g/mol. The summed E-state index contributed by atoms with van der Waals surface area (Å²) >= 11 is 5.86. The zero-order chi connectivity index (χ0) is 16.1. The van der Waals surface area contributed by atoms with Gasteiger partial charge in [0.2, 0.25) is 0 Å². The molecule has 0 aliphatic heterocycles. The second-order valence-electron chi connectivity index (χ2n) is 4.24. The topological polar surface area (TPSA) is 59.6 Å². The molecule has 0 fully saturated rings. The smallest absolute Gasteiger partial charge is 0.323 e. The van der Waals surface area contributed by atoms with Crippen molar-refractivity contribution >= 4 is 29.0 Å². The predicted molar refractivity (Wildman–Crippen MR) is 83.6 cm³/mol. The number of benzene rings is 2. The van der Waals surface area contributed by atoms with Gasteiger partial charge in [0.15, 0.2) is 0 Å². The largest absolute Gasteiger partial charge is 0.497 e. The Bertz CT molecular complexity index is 674. The number of halogens is 2. The molecule has 0 heterocycles. The van der Waals surface area contributed by atoms with E-state index in [1.807, 2.05) is 0 Å². The van der Waals surface area contributed by atoms with Crippen molar-refractivity contribution in [2.45, 2.75) is 0 Å². The number of para-hydroxylation sites is 1. The maximum absolute atomic E-state index is 13.6. The van der Waals surface area contributed by atoms with Crippen LogP contribution >= 0.6 is 11.6 Å². The average Bonchev–Trinajstić information content (AvgIpc) is 2.51. The predicted octanol–water partition coefficient (Wildman–Crippen LogP) is 4.14. The Balaban J connectivity index is 2.19. The Morgan fingerprint density at radius 1 is 1.14 bits per heavy atom. The molecule has 2 aromatic carbocycles. The molecular formula is C15H14ClFN2O3. The minimum atomic E-state index is -0.654. The molecule has 0 unspecified atom stereocenters. The monoisotopic (exact) mass is 324 g/mol. The summed E-state index contributed by atoms with van der Waals surface area (Å²) in [6.45, 7) is 0. The summed E-state index contributed by atoms with van der Waals surface area (Å²) in [5, 5.41) is 5.03. The van der Waals surface area contributed by atoms with Crippen molar-refractivity contribution in [1.29, 1.82) is 0 Å². The number of urea groups is 1. The minimum absolute atomic E-state index is 0.0940. The fraction of sp³-hybridized carbons (Fsp3) is 0.133. The molecule has 7 heteroatoms. The van der Waals surface area contributed by atoms with Crippen LogP contribution in [0.4, 0.5) is 20.6 Å². The summed E-state index contributed by atoms with van der Waals surface area (Å²) in [5.74, 6) is 0.357. The van der Waals surface area contributed by atoms with Gasteiger partial charge in [-0.1, -0.05) is 17.7 Å². The van der Waals surface area contributed by atoms with Gasteiger partial charge in [-0.05, 0) is 24.3 Å². The summed E-state index contributed by atoms with van der Waals surface area (Å²) in [5.41, 5.74) is 0.287. The van der Waals surface area contributed by atoms with Gasteiger partial charge < -0.3 is 20.1 Å². The van der Waals surface area contributed by atoms with Crippen molar-refractivity contribution in [2.24, 2.45) is 0 Å². The number of carbonyl (C=O) groups excluding carboxylic acids is 1. The Labute approximate surface area is 132 Å². The Morgan fingerprint density at radius 2 is 1.91 bits per heavy atom. The standard InChI is InChI=1S/C15H14ClFN2O3/c1-21-9-6-7-13(22-2)12(8-9)18-15(20)19-14-10(16)4-3-5-11(14)17/h3-8H,1-2H3,(H2,18,19,20). The summed E-state index contributed by atoms with van der Waals surface area (Å²) in [4.78, 5) is 12.0. The van der Waals surface area contributed by atoms with E-state index in [9.17, 15) is 9.18 Å². The molecule has 0 atom stereocenters. The van der Waals surface area contributed by atoms with E-state index in [0.29, 0.717) is 17.2 Å². The average molecular weight is 325 g/mol. The van der Waals surface area contributed by atoms with Gasteiger partial charge in [0.25, 0.3) is 0 Å². The lowest BCUT2D eigenvalue weighted by Crippen LogP contribution is -2.20. The second kappa shape index (κ2) is 7.00. The highest BCUT2D eigenvalue weighted by Crippen LogP contribution is 2.30. The van der Waals surface area contributed by atoms with E-state index in [0.717, 1.165) is 0 Å². The van der Waals surface area contributed by atoms with Gasteiger partial charge in [-0.15, -0.1) is 0 Å². The van der Waals surface area contributed by atoms with Crippen LogP contribution in [-0.2, 0) is 0 Å². The van der Waals surface area contributed by atoms with Gasteiger partial charge in [-0.3, -0.25) is 0 Å². The molecule has 2 N–H and O–H groups in total. The summed E-state index contributed by atoms with van der Waals surface area (Å²) in [7, 11) is 2.98. The zero-order valence-corrected chi connectivity index (χ0v) is 12.7. The molecule has 116 valence electrons. The Hall–Kier alpha value is -2.47. The summed E-state index contributed by atoms with van der Waals surface area (Å²) in [6.07, 6.45) is 0. The van der Waals surface area contributed by atoms with Crippen LogP contribution in [0, 0.1) is 5.82 Å². The maximum Gasteiger partial charge on any atom is 0.323 e. The summed E-state index contributed by atoms with van der Waals surface area (Å²) < 4.78 is 23.9. The van der Waals surface area contributed by atoms with Gasteiger partial charge >= 0.3 is 6.03 Å². The first-order valence-electron chi connectivity index (χ1n) is 6.29. The SMILES string of the molecule is COc1ccc(OC)c(NC(=O)Nc2c(F)cccc2Cl)c1. The number of ether oxygens (including phenoxy) is 2. The van der Waals surface area contributed by atoms with Gasteiger partial charge in [0, 0.05) is 6.07 Å². The van der Waals surface area contributed by atoms with Gasteiger partial charge in [0.05, 0.1) is 30.6 Å². The third-order valence-electron chi connectivity index (χ3n) is 2.86. The number of nitrogens with one attached hydrogen (secondary N) is 2. The van der Waals surface area contributed by atoms with Crippen LogP contribution < -0.4 is 20.1 Å². The molecule has 0 bridgehead atoms. The highest BCUT2D eigenvalue weighted by atomic mass is 35.5. The van der Waals surface area contributed by atoms with Crippen molar-refractivity contribution in [1.82, 2.24) is 0 Å². The van der Waals surface area contributed by atoms with Gasteiger partial charge in [-0.25, -0.2) is 9.18 Å². The molecule has 0 aliphatic rings. The van der Waals surface area contributed by atoms with Crippen LogP contribution in [0.3, 0.4) is 0 Å². The number of rotatable bonds is 4. The van der Waals surface area contributed by atoms with Gasteiger partial charge in [-0.2, -0.15) is 0 Å². The number of methoxy groups -OCH3 is 2. The van der Waals surface area contributed by atoms with Crippen LogP contribution in [-0.4, -0.2) is 20.3 Å². The molecule has 0 saturated heterocycles. The molecule has 0 spiro atoms. The van der Waals surface area contributed by atoms with Crippen molar-refractivity contribution in [3.05, 3.63) is 47.2 Å². The van der Waals surface area contributed by atoms with E-state index in [4.69, 9.17) is 21.1 Å². The third-order valence-corrected chi connectivity index (χ3v) is 3.17. The van der Waals surface area contributed by atoms with E-state index in [1.54, 1.807) is 18.2 Å². The minimum Gasteiger partial charge on any atom is -0.497 e.